The van der Waals surface area contributed by atoms with Gasteiger partial charge in [0.1, 0.15) is 0 Å². The lowest BCUT2D eigenvalue weighted by Gasteiger charge is -2.32. The first-order valence-electron chi connectivity index (χ1n) is 8.07. The maximum atomic E-state index is 12.4. The summed E-state index contributed by atoms with van der Waals surface area (Å²) < 4.78 is 1.71. The number of piperidine rings is 1. The number of aromatic nitrogens is 2. The van der Waals surface area contributed by atoms with Crippen LogP contribution >= 0.6 is 0 Å². The molecule has 1 saturated heterocycles. The van der Waals surface area contributed by atoms with Crippen LogP contribution in [0, 0.1) is 5.92 Å². The van der Waals surface area contributed by atoms with Crippen molar-refractivity contribution in [3.63, 3.8) is 0 Å². The summed E-state index contributed by atoms with van der Waals surface area (Å²) in [5.41, 5.74) is 6.18. The van der Waals surface area contributed by atoms with Gasteiger partial charge < -0.3 is 10.6 Å². The highest BCUT2D eigenvalue weighted by Crippen LogP contribution is 2.20. The number of nitrogens with one attached hydrogen (secondary N) is 1. The highest BCUT2D eigenvalue weighted by Gasteiger charge is 2.25. The van der Waals surface area contributed by atoms with Crippen LogP contribution in [0.5, 0.6) is 0 Å². The molecular formula is C17H21N5O2. The smallest absolute Gasteiger partial charge is 0.323 e. The van der Waals surface area contributed by atoms with Crippen LogP contribution in [0.3, 0.4) is 0 Å². The van der Waals surface area contributed by atoms with Crippen molar-refractivity contribution in [1.29, 1.82) is 0 Å². The lowest BCUT2D eigenvalue weighted by Crippen LogP contribution is -2.43. The van der Waals surface area contributed by atoms with Crippen LogP contribution in [0.2, 0.25) is 0 Å². The molecule has 2 heterocycles. The molecule has 0 spiro atoms. The molecule has 1 aliphatic rings. The molecule has 7 nitrogen and oxygen atoms in total. The lowest BCUT2D eigenvalue weighted by molar-refractivity contribution is -0.119. The molecule has 0 aliphatic carbocycles. The number of benzene rings is 1. The van der Waals surface area contributed by atoms with Crippen molar-refractivity contribution in [2.45, 2.75) is 19.3 Å². The second kappa shape index (κ2) is 7.16. The van der Waals surface area contributed by atoms with Gasteiger partial charge in [-0.15, -0.1) is 5.10 Å². The van der Waals surface area contributed by atoms with E-state index in [0.29, 0.717) is 25.3 Å². The van der Waals surface area contributed by atoms with Crippen LogP contribution in [-0.2, 0) is 4.79 Å². The summed E-state index contributed by atoms with van der Waals surface area (Å²) in [6.45, 7) is 1.23. The number of rotatable bonds is 4. The van der Waals surface area contributed by atoms with E-state index in [1.807, 2.05) is 30.3 Å². The first kappa shape index (κ1) is 16.0. The fourth-order valence-electron chi connectivity index (χ4n) is 3.00. The average molecular weight is 327 g/mol. The van der Waals surface area contributed by atoms with E-state index in [9.17, 15) is 9.59 Å². The predicted molar refractivity (Wildman–Crippen MR) is 90.7 cm³/mol. The third kappa shape index (κ3) is 3.92. The molecule has 24 heavy (non-hydrogen) atoms. The summed E-state index contributed by atoms with van der Waals surface area (Å²) in [5.74, 6) is 0.327. The van der Waals surface area contributed by atoms with Crippen LogP contribution in [0.25, 0.3) is 5.69 Å². The molecule has 0 saturated carbocycles. The first-order valence-corrected chi connectivity index (χ1v) is 8.07. The Labute approximate surface area is 140 Å². The molecule has 1 fully saturated rings. The molecule has 0 bridgehead atoms. The zero-order valence-corrected chi connectivity index (χ0v) is 13.4. The van der Waals surface area contributed by atoms with Crippen LogP contribution in [0.4, 0.5) is 10.6 Å². The molecule has 0 unspecified atom stereocenters. The van der Waals surface area contributed by atoms with Crippen molar-refractivity contribution in [2.24, 2.45) is 11.7 Å². The van der Waals surface area contributed by atoms with E-state index in [0.717, 1.165) is 18.5 Å². The number of nitrogens with two attached hydrogens (primary N) is 1. The predicted octanol–water partition coefficient (Wildman–Crippen LogP) is 1.99. The van der Waals surface area contributed by atoms with Crippen LogP contribution < -0.4 is 11.1 Å². The Kier molecular flexibility index (Phi) is 4.79. The van der Waals surface area contributed by atoms with Gasteiger partial charge in [-0.05, 0) is 30.9 Å². The normalized spacial score (nSPS) is 17.5. The number of amides is 3. The molecule has 1 aromatic carbocycles. The summed E-state index contributed by atoms with van der Waals surface area (Å²) >= 11 is 0. The second-order valence-electron chi connectivity index (χ2n) is 6.04. The van der Waals surface area contributed by atoms with Crippen molar-refractivity contribution in [2.75, 3.05) is 18.4 Å². The average Bonchev–Trinajstić information content (AvgIpc) is 3.04. The van der Waals surface area contributed by atoms with Crippen molar-refractivity contribution >= 4 is 17.8 Å². The maximum Gasteiger partial charge on any atom is 0.323 e. The van der Waals surface area contributed by atoms with Crippen LogP contribution in [0.15, 0.2) is 42.6 Å². The van der Waals surface area contributed by atoms with E-state index >= 15 is 0 Å². The van der Waals surface area contributed by atoms with Crippen LogP contribution in [0.1, 0.15) is 19.3 Å². The summed E-state index contributed by atoms with van der Waals surface area (Å²) in [4.78, 5) is 25.2. The van der Waals surface area contributed by atoms with E-state index in [2.05, 4.69) is 10.4 Å². The topological polar surface area (TPSA) is 93.3 Å². The number of hydrogen-bond donors (Lipinski definition) is 2. The van der Waals surface area contributed by atoms with Crippen molar-refractivity contribution < 1.29 is 9.59 Å². The molecule has 1 atom stereocenters. The van der Waals surface area contributed by atoms with Crippen LogP contribution in [-0.4, -0.2) is 39.7 Å². The van der Waals surface area contributed by atoms with Crippen molar-refractivity contribution in [3.05, 3.63) is 42.6 Å². The van der Waals surface area contributed by atoms with E-state index < -0.39 is 0 Å². The second-order valence-corrected chi connectivity index (χ2v) is 6.04. The number of primary amides is 1. The fraction of sp³-hybridized carbons (Fsp3) is 0.353. The van der Waals surface area contributed by atoms with Gasteiger partial charge in [-0.25, -0.2) is 9.48 Å². The highest BCUT2D eigenvalue weighted by molar-refractivity contribution is 5.88. The zero-order chi connectivity index (χ0) is 16.9. The fourth-order valence-corrected chi connectivity index (χ4v) is 3.00. The van der Waals surface area contributed by atoms with Gasteiger partial charge in [0.2, 0.25) is 5.91 Å². The standard InChI is InChI=1S/C17H21N5O2/c18-15(23)11-13-5-4-9-21(12-13)17(24)19-16-8-10-22(20-16)14-6-2-1-3-7-14/h1-3,6-8,10,13H,4-5,9,11-12H2,(H2,18,23)(H,19,20,24)/t13-/m0/s1. The molecule has 1 aliphatic heterocycles. The molecule has 3 amide bonds. The number of anilines is 1. The SMILES string of the molecule is NC(=O)C[C@@H]1CCCN(C(=O)Nc2ccn(-c3ccccc3)n2)C1. The highest BCUT2D eigenvalue weighted by atomic mass is 16.2. The third-order valence-electron chi connectivity index (χ3n) is 4.14. The Balaban J connectivity index is 1.61. The molecular weight excluding hydrogens is 306 g/mol. The third-order valence-corrected chi connectivity index (χ3v) is 4.14. The lowest BCUT2D eigenvalue weighted by atomic mass is 9.95. The molecule has 1 aromatic heterocycles. The summed E-state index contributed by atoms with van der Waals surface area (Å²) in [7, 11) is 0. The Hall–Kier alpha value is -2.83. The van der Waals surface area contributed by atoms with Crippen molar-refractivity contribution in [1.82, 2.24) is 14.7 Å². The number of hydrogen-bond acceptors (Lipinski definition) is 3. The minimum Gasteiger partial charge on any atom is -0.370 e. The van der Waals surface area contributed by atoms with Gasteiger partial charge in [0.15, 0.2) is 5.82 Å². The van der Waals surface area contributed by atoms with Gasteiger partial charge in [-0.2, -0.15) is 0 Å². The molecule has 0 radical (unpaired) electrons. The van der Waals surface area contributed by atoms with E-state index in [-0.39, 0.29) is 17.9 Å². The molecule has 3 N–H and O–H groups in total. The number of carbonyl (C=O) groups excluding carboxylic acids is 2. The summed E-state index contributed by atoms with van der Waals surface area (Å²) in [6, 6.07) is 11.3. The molecule has 2 aromatic rings. The number of urea groups is 1. The Morgan fingerprint density at radius 2 is 2.04 bits per heavy atom. The number of carbonyl (C=O) groups is 2. The Morgan fingerprint density at radius 1 is 1.25 bits per heavy atom. The minimum absolute atomic E-state index is 0.142. The van der Waals surface area contributed by atoms with E-state index in [1.165, 1.54) is 0 Å². The summed E-state index contributed by atoms with van der Waals surface area (Å²) in [6.07, 6.45) is 3.93. The minimum atomic E-state index is -0.316. The largest absolute Gasteiger partial charge is 0.370 e. The molecule has 126 valence electrons. The Morgan fingerprint density at radius 3 is 2.79 bits per heavy atom. The zero-order valence-electron chi connectivity index (χ0n) is 13.4. The quantitative estimate of drug-likeness (QED) is 0.899. The van der Waals surface area contributed by atoms with Crippen molar-refractivity contribution in [3.8, 4) is 5.69 Å². The van der Waals surface area contributed by atoms with E-state index in [1.54, 1.807) is 21.8 Å². The monoisotopic (exact) mass is 327 g/mol. The maximum absolute atomic E-state index is 12.4. The van der Waals surface area contributed by atoms with Gasteiger partial charge in [0.05, 0.1) is 5.69 Å². The number of para-hydroxylation sites is 1. The first-order chi connectivity index (χ1) is 11.6. The molecule has 7 heteroatoms. The van der Waals surface area contributed by atoms with Gasteiger partial charge in [0, 0.05) is 31.8 Å². The summed E-state index contributed by atoms with van der Waals surface area (Å²) in [5, 5.41) is 7.18. The number of nitrogens with zero attached hydrogens (tertiary/aromatic N) is 3. The van der Waals surface area contributed by atoms with Gasteiger partial charge >= 0.3 is 6.03 Å². The van der Waals surface area contributed by atoms with Gasteiger partial charge in [-0.1, -0.05) is 18.2 Å². The van der Waals surface area contributed by atoms with E-state index in [4.69, 9.17) is 5.73 Å². The molecule has 3 rings (SSSR count). The Bertz CT molecular complexity index is 713. The van der Waals surface area contributed by atoms with Gasteiger partial charge in [0.25, 0.3) is 0 Å². The van der Waals surface area contributed by atoms with Gasteiger partial charge in [-0.3, -0.25) is 10.1 Å². The number of likely N-dealkylation sites (tertiary alicyclic amines) is 1.